The Balaban J connectivity index is 1.82. The fourth-order valence-corrected chi connectivity index (χ4v) is 2.56. The second kappa shape index (κ2) is 12.3. The van der Waals surface area contributed by atoms with Gasteiger partial charge in [-0.3, -0.25) is 0 Å². The molecule has 2 rings (SSSR count). The molecule has 0 unspecified atom stereocenters. The van der Waals surface area contributed by atoms with Gasteiger partial charge in [0.25, 0.3) is 0 Å². The first kappa shape index (κ1) is 20.2. The van der Waals surface area contributed by atoms with Crippen molar-refractivity contribution < 1.29 is 14.6 Å². The number of rotatable bonds is 13. The maximum atomic E-state index is 8.71. The van der Waals surface area contributed by atoms with Crippen LogP contribution in [0.5, 0.6) is 11.5 Å². The van der Waals surface area contributed by atoms with E-state index in [0.29, 0.717) is 19.8 Å². The lowest BCUT2D eigenvalue weighted by Gasteiger charge is -2.14. The van der Waals surface area contributed by atoms with Crippen molar-refractivity contribution in [3.05, 3.63) is 59.7 Å². The van der Waals surface area contributed by atoms with Gasteiger partial charge in [-0.05, 0) is 49.7 Å². The van der Waals surface area contributed by atoms with Gasteiger partial charge >= 0.3 is 0 Å². The van der Waals surface area contributed by atoms with E-state index in [4.69, 9.17) is 14.6 Å². The van der Waals surface area contributed by atoms with Gasteiger partial charge in [0, 0.05) is 13.1 Å². The molecule has 0 atom stereocenters. The molecule has 0 aromatic heterocycles. The lowest BCUT2D eigenvalue weighted by molar-refractivity contribution is 0.269. The van der Waals surface area contributed by atoms with E-state index in [9.17, 15) is 0 Å². The summed E-state index contributed by atoms with van der Waals surface area (Å²) in [6, 6.07) is 16.2. The molecule has 0 amide bonds. The van der Waals surface area contributed by atoms with E-state index < -0.39 is 0 Å². The predicted molar refractivity (Wildman–Crippen MR) is 105 cm³/mol. The first-order valence-electron chi connectivity index (χ1n) is 9.28. The standard InChI is InChI=1S/C21H30N2O3/c1-2-25-21-15-19(16-23-12-6-11-22-13-14-24)9-10-20(21)26-17-18-7-4-3-5-8-18/h3-5,7-10,15,22-24H,2,6,11-14,16-17H2,1H3. The van der Waals surface area contributed by atoms with Gasteiger partial charge in [-0.15, -0.1) is 0 Å². The number of benzene rings is 2. The molecule has 2 aromatic carbocycles. The van der Waals surface area contributed by atoms with Gasteiger partial charge in [-0.25, -0.2) is 0 Å². The Labute approximate surface area is 156 Å². The summed E-state index contributed by atoms with van der Waals surface area (Å²) >= 11 is 0. The van der Waals surface area contributed by atoms with Crippen LogP contribution in [-0.2, 0) is 13.2 Å². The number of aliphatic hydroxyl groups excluding tert-OH is 1. The highest BCUT2D eigenvalue weighted by Crippen LogP contribution is 2.29. The minimum atomic E-state index is 0.187. The summed E-state index contributed by atoms with van der Waals surface area (Å²) in [5.41, 5.74) is 2.30. The smallest absolute Gasteiger partial charge is 0.161 e. The number of hydrogen-bond donors (Lipinski definition) is 3. The molecule has 0 aliphatic heterocycles. The van der Waals surface area contributed by atoms with E-state index in [2.05, 4.69) is 16.7 Å². The lowest BCUT2D eigenvalue weighted by Crippen LogP contribution is -2.23. The molecule has 0 heterocycles. The molecule has 0 fully saturated rings. The van der Waals surface area contributed by atoms with Gasteiger partial charge in [0.15, 0.2) is 11.5 Å². The molecule has 0 bridgehead atoms. The van der Waals surface area contributed by atoms with Gasteiger partial charge < -0.3 is 25.2 Å². The zero-order chi connectivity index (χ0) is 18.5. The number of aliphatic hydroxyl groups is 1. The predicted octanol–water partition coefficient (Wildman–Crippen LogP) is 2.73. The third kappa shape index (κ3) is 7.44. The minimum absolute atomic E-state index is 0.187. The van der Waals surface area contributed by atoms with Gasteiger partial charge in [0.05, 0.1) is 13.2 Å². The molecule has 0 spiro atoms. The molecule has 142 valence electrons. The maximum Gasteiger partial charge on any atom is 0.161 e. The zero-order valence-corrected chi connectivity index (χ0v) is 15.5. The fraction of sp³-hybridized carbons (Fsp3) is 0.429. The maximum absolute atomic E-state index is 8.71. The van der Waals surface area contributed by atoms with Crippen molar-refractivity contribution >= 4 is 0 Å². The Kier molecular flexibility index (Phi) is 9.57. The summed E-state index contributed by atoms with van der Waals surface area (Å²) in [5, 5.41) is 15.3. The van der Waals surface area contributed by atoms with Crippen LogP contribution in [0.1, 0.15) is 24.5 Å². The Morgan fingerprint density at radius 2 is 1.65 bits per heavy atom. The largest absolute Gasteiger partial charge is 0.490 e. The highest BCUT2D eigenvalue weighted by molar-refractivity contribution is 5.43. The molecule has 0 aliphatic rings. The second-order valence-corrected chi connectivity index (χ2v) is 5.99. The molecule has 0 saturated carbocycles. The van der Waals surface area contributed by atoms with E-state index in [-0.39, 0.29) is 6.61 Å². The van der Waals surface area contributed by atoms with Crippen LogP contribution in [-0.4, -0.2) is 38.0 Å². The zero-order valence-electron chi connectivity index (χ0n) is 15.5. The second-order valence-electron chi connectivity index (χ2n) is 5.99. The van der Waals surface area contributed by atoms with E-state index in [0.717, 1.165) is 43.1 Å². The van der Waals surface area contributed by atoms with E-state index in [1.807, 2.05) is 49.4 Å². The molecule has 2 aromatic rings. The van der Waals surface area contributed by atoms with Crippen LogP contribution in [0.4, 0.5) is 0 Å². The van der Waals surface area contributed by atoms with Gasteiger partial charge in [0.1, 0.15) is 6.61 Å². The van der Waals surface area contributed by atoms with Crippen molar-refractivity contribution in [2.45, 2.75) is 26.5 Å². The first-order chi connectivity index (χ1) is 12.8. The Morgan fingerprint density at radius 3 is 2.42 bits per heavy atom. The molecule has 0 radical (unpaired) electrons. The van der Waals surface area contributed by atoms with Crippen LogP contribution in [0.3, 0.4) is 0 Å². The van der Waals surface area contributed by atoms with Crippen LogP contribution in [0.2, 0.25) is 0 Å². The Hall–Kier alpha value is -2.08. The number of nitrogens with one attached hydrogen (secondary N) is 2. The highest BCUT2D eigenvalue weighted by Gasteiger charge is 2.07. The van der Waals surface area contributed by atoms with Crippen LogP contribution in [0, 0.1) is 0 Å². The van der Waals surface area contributed by atoms with Crippen LogP contribution in [0.25, 0.3) is 0 Å². The number of hydrogen-bond acceptors (Lipinski definition) is 5. The molecule has 0 aliphatic carbocycles. The summed E-state index contributed by atoms with van der Waals surface area (Å²) in [4.78, 5) is 0. The average molecular weight is 358 g/mol. The van der Waals surface area contributed by atoms with E-state index >= 15 is 0 Å². The lowest BCUT2D eigenvalue weighted by atomic mass is 10.2. The highest BCUT2D eigenvalue weighted by atomic mass is 16.5. The van der Waals surface area contributed by atoms with E-state index in [1.165, 1.54) is 5.56 Å². The van der Waals surface area contributed by atoms with E-state index in [1.54, 1.807) is 0 Å². The molecule has 3 N–H and O–H groups in total. The topological polar surface area (TPSA) is 62.8 Å². The monoisotopic (exact) mass is 358 g/mol. The Morgan fingerprint density at radius 1 is 0.846 bits per heavy atom. The van der Waals surface area contributed by atoms with Crippen molar-refractivity contribution in [3.8, 4) is 11.5 Å². The van der Waals surface area contributed by atoms with Gasteiger partial charge in [-0.1, -0.05) is 36.4 Å². The van der Waals surface area contributed by atoms with Crippen molar-refractivity contribution in [1.29, 1.82) is 0 Å². The van der Waals surface area contributed by atoms with Gasteiger partial charge in [-0.2, -0.15) is 0 Å². The summed E-state index contributed by atoms with van der Waals surface area (Å²) in [6.45, 7) is 6.58. The fourth-order valence-electron chi connectivity index (χ4n) is 2.56. The van der Waals surface area contributed by atoms with Crippen molar-refractivity contribution in [1.82, 2.24) is 10.6 Å². The molecule has 5 heteroatoms. The SMILES string of the molecule is CCOc1cc(CNCCCNCCO)ccc1OCc1ccccc1. The number of ether oxygens (including phenoxy) is 2. The van der Waals surface area contributed by atoms with Gasteiger partial charge in [0.2, 0.25) is 0 Å². The average Bonchev–Trinajstić information content (AvgIpc) is 2.68. The summed E-state index contributed by atoms with van der Waals surface area (Å²) in [5.74, 6) is 1.56. The molecule has 0 saturated heterocycles. The molecular formula is C21H30N2O3. The first-order valence-corrected chi connectivity index (χ1v) is 9.28. The quantitative estimate of drug-likeness (QED) is 0.481. The third-order valence-electron chi connectivity index (χ3n) is 3.87. The van der Waals surface area contributed by atoms with Crippen molar-refractivity contribution in [2.24, 2.45) is 0 Å². The van der Waals surface area contributed by atoms with Crippen molar-refractivity contribution in [3.63, 3.8) is 0 Å². The van der Waals surface area contributed by atoms with Crippen LogP contribution in [0.15, 0.2) is 48.5 Å². The van der Waals surface area contributed by atoms with Crippen molar-refractivity contribution in [2.75, 3.05) is 32.8 Å². The minimum Gasteiger partial charge on any atom is -0.490 e. The third-order valence-corrected chi connectivity index (χ3v) is 3.87. The molecule has 26 heavy (non-hydrogen) atoms. The Bertz CT molecular complexity index is 620. The van der Waals surface area contributed by atoms with Crippen LogP contribution < -0.4 is 20.1 Å². The molecular weight excluding hydrogens is 328 g/mol. The summed E-state index contributed by atoms with van der Waals surface area (Å²) in [6.07, 6.45) is 1.02. The summed E-state index contributed by atoms with van der Waals surface area (Å²) < 4.78 is 11.7. The summed E-state index contributed by atoms with van der Waals surface area (Å²) in [7, 11) is 0. The normalized spacial score (nSPS) is 10.7. The van der Waals surface area contributed by atoms with Crippen LogP contribution >= 0.6 is 0 Å². The molecule has 5 nitrogen and oxygen atoms in total.